The number of carbonyl (C=O) groups excluding carboxylic acids is 1. The van der Waals surface area contributed by atoms with Gasteiger partial charge in [-0.05, 0) is 38.1 Å². The average molecular weight is 345 g/mol. The summed E-state index contributed by atoms with van der Waals surface area (Å²) in [5, 5.41) is 2.86. The van der Waals surface area contributed by atoms with Crippen molar-refractivity contribution in [3.05, 3.63) is 57.4 Å². The molecule has 2 aromatic heterocycles. The summed E-state index contributed by atoms with van der Waals surface area (Å²) in [6.45, 7) is 6.88. The zero-order valence-electron chi connectivity index (χ0n) is 14.5. The second-order valence-electron chi connectivity index (χ2n) is 6.21. The summed E-state index contributed by atoms with van der Waals surface area (Å²) in [4.78, 5) is 29.2. The Kier molecular flexibility index (Phi) is 5.35. The Balaban J connectivity index is 1.73. The maximum absolute atomic E-state index is 12.4. The van der Waals surface area contributed by atoms with Gasteiger partial charge in [0.2, 0.25) is 0 Å². The van der Waals surface area contributed by atoms with E-state index in [0.29, 0.717) is 19.8 Å². The number of H-pyrrole nitrogens is 1. The fourth-order valence-corrected chi connectivity index (χ4v) is 2.97. The van der Waals surface area contributed by atoms with Crippen molar-refractivity contribution in [2.45, 2.75) is 19.9 Å². The van der Waals surface area contributed by atoms with Crippen LogP contribution in [0.25, 0.3) is 0 Å². The molecule has 1 aliphatic rings. The van der Waals surface area contributed by atoms with Gasteiger partial charge >= 0.3 is 0 Å². The molecule has 134 valence electrons. The molecule has 1 aliphatic heterocycles. The lowest BCUT2D eigenvalue weighted by atomic mass is 10.1. The Morgan fingerprint density at radius 1 is 1.24 bits per heavy atom. The zero-order chi connectivity index (χ0) is 17.8. The molecule has 1 atom stereocenters. The van der Waals surface area contributed by atoms with Crippen LogP contribution < -0.4 is 10.9 Å². The second kappa shape index (κ2) is 7.67. The third-order valence-corrected chi connectivity index (χ3v) is 4.33. The summed E-state index contributed by atoms with van der Waals surface area (Å²) in [5.74, 6) is 1.25. The average Bonchev–Trinajstić information content (AvgIpc) is 3.02. The SMILES string of the molecule is Cc1ccc(C(=O)NCC(c2ccc(C)o2)N2CCOCC2)c(=O)[nH]1. The van der Waals surface area contributed by atoms with Gasteiger partial charge in [0.1, 0.15) is 17.1 Å². The predicted octanol–water partition coefficient (Wildman–Crippen LogP) is 1.39. The highest BCUT2D eigenvalue weighted by Gasteiger charge is 2.26. The number of nitrogens with zero attached hydrogens (tertiary/aromatic N) is 1. The molecule has 3 rings (SSSR count). The lowest BCUT2D eigenvalue weighted by Crippen LogP contribution is -2.44. The van der Waals surface area contributed by atoms with E-state index in [-0.39, 0.29) is 23.1 Å². The molecule has 1 unspecified atom stereocenters. The van der Waals surface area contributed by atoms with Crippen molar-refractivity contribution in [3.63, 3.8) is 0 Å². The Morgan fingerprint density at radius 3 is 2.64 bits per heavy atom. The predicted molar refractivity (Wildman–Crippen MR) is 92.7 cm³/mol. The van der Waals surface area contributed by atoms with E-state index in [1.54, 1.807) is 19.1 Å². The number of aryl methyl sites for hydroxylation is 2. The van der Waals surface area contributed by atoms with Crippen LogP contribution in [-0.4, -0.2) is 48.6 Å². The first-order chi connectivity index (χ1) is 12.0. The van der Waals surface area contributed by atoms with E-state index in [4.69, 9.17) is 9.15 Å². The van der Waals surface area contributed by atoms with Crippen molar-refractivity contribution in [3.8, 4) is 0 Å². The molecule has 1 saturated heterocycles. The maximum atomic E-state index is 12.4. The Labute approximate surface area is 146 Å². The van der Waals surface area contributed by atoms with Crippen molar-refractivity contribution < 1.29 is 13.9 Å². The standard InChI is InChI=1S/C18H23N3O4/c1-12-3-5-14(18(23)20-12)17(22)19-11-15(16-6-4-13(2)25-16)21-7-9-24-10-8-21/h3-6,15H,7-11H2,1-2H3,(H,19,22)(H,20,23). The van der Waals surface area contributed by atoms with Crippen LogP contribution in [0.4, 0.5) is 0 Å². The molecule has 7 nitrogen and oxygen atoms in total. The van der Waals surface area contributed by atoms with Crippen molar-refractivity contribution in [2.24, 2.45) is 0 Å². The van der Waals surface area contributed by atoms with Gasteiger partial charge in [0.15, 0.2) is 0 Å². The fraction of sp³-hybridized carbons (Fsp3) is 0.444. The number of hydrogen-bond donors (Lipinski definition) is 2. The monoisotopic (exact) mass is 345 g/mol. The zero-order valence-corrected chi connectivity index (χ0v) is 14.5. The number of ether oxygens (including phenoxy) is 1. The van der Waals surface area contributed by atoms with Crippen LogP contribution in [0.5, 0.6) is 0 Å². The number of rotatable bonds is 5. The van der Waals surface area contributed by atoms with Gasteiger partial charge in [-0.25, -0.2) is 0 Å². The largest absolute Gasteiger partial charge is 0.465 e. The van der Waals surface area contributed by atoms with Gasteiger partial charge in [-0.15, -0.1) is 0 Å². The lowest BCUT2D eigenvalue weighted by Gasteiger charge is -2.33. The number of amides is 1. The topological polar surface area (TPSA) is 87.6 Å². The number of carbonyl (C=O) groups is 1. The molecule has 0 aromatic carbocycles. The van der Waals surface area contributed by atoms with Crippen molar-refractivity contribution in [1.82, 2.24) is 15.2 Å². The van der Waals surface area contributed by atoms with Crippen LogP contribution in [0.2, 0.25) is 0 Å². The first-order valence-corrected chi connectivity index (χ1v) is 8.41. The Bertz CT molecular complexity index is 790. The Hall–Kier alpha value is -2.38. The van der Waals surface area contributed by atoms with E-state index < -0.39 is 0 Å². The summed E-state index contributed by atoms with van der Waals surface area (Å²) in [5.41, 5.74) is 0.454. The first kappa shape index (κ1) is 17.4. The molecule has 0 bridgehead atoms. The second-order valence-corrected chi connectivity index (χ2v) is 6.21. The number of aromatic nitrogens is 1. The number of morpholine rings is 1. The van der Waals surface area contributed by atoms with E-state index >= 15 is 0 Å². The smallest absolute Gasteiger partial charge is 0.260 e. The van der Waals surface area contributed by atoms with Crippen LogP contribution in [0.15, 0.2) is 33.5 Å². The van der Waals surface area contributed by atoms with E-state index in [9.17, 15) is 9.59 Å². The molecular formula is C18H23N3O4. The lowest BCUT2D eigenvalue weighted by molar-refractivity contribution is 0.0117. The van der Waals surface area contributed by atoms with Crippen LogP contribution in [-0.2, 0) is 4.74 Å². The molecule has 2 aromatic rings. The molecule has 0 radical (unpaired) electrons. The van der Waals surface area contributed by atoms with Crippen LogP contribution >= 0.6 is 0 Å². The van der Waals surface area contributed by atoms with Gasteiger partial charge in [0.25, 0.3) is 11.5 Å². The molecule has 0 saturated carbocycles. The summed E-state index contributed by atoms with van der Waals surface area (Å²) >= 11 is 0. The maximum Gasteiger partial charge on any atom is 0.260 e. The number of aromatic amines is 1. The minimum atomic E-state index is -0.386. The van der Waals surface area contributed by atoms with Gasteiger partial charge < -0.3 is 19.5 Å². The van der Waals surface area contributed by atoms with Crippen LogP contribution in [0.1, 0.15) is 33.6 Å². The fourth-order valence-electron chi connectivity index (χ4n) is 2.97. The van der Waals surface area contributed by atoms with Crippen molar-refractivity contribution in [1.29, 1.82) is 0 Å². The van der Waals surface area contributed by atoms with E-state index in [1.165, 1.54) is 0 Å². The first-order valence-electron chi connectivity index (χ1n) is 8.41. The summed E-state index contributed by atoms with van der Waals surface area (Å²) < 4.78 is 11.2. The minimum Gasteiger partial charge on any atom is -0.465 e. The highest BCUT2D eigenvalue weighted by atomic mass is 16.5. The van der Waals surface area contributed by atoms with Gasteiger partial charge in [0.05, 0.1) is 19.3 Å². The third-order valence-electron chi connectivity index (χ3n) is 4.33. The van der Waals surface area contributed by atoms with Gasteiger partial charge in [-0.2, -0.15) is 0 Å². The normalized spacial score (nSPS) is 16.6. The van der Waals surface area contributed by atoms with E-state index in [1.807, 2.05) is 19.1 Å². The quantitative estimate of drug-likeness (QED) is 0.855. The van der Waals surface area contributed by atoms with Crippen molar-refractivity contribution >= 4 is 5.91 Å². The van der Waals surface area contributed by atoms with Crippen molar-refractivity contribution in [2.75, 3.05) is 32.8 Å². The number of furan rings is 1. The highest BCUT2D eigenvalue weighted by Crippen LogP contribution is 2.23. The summed E-state index contributed by atoms with van der Waals surface area (Å²) in [7, 11) is 0. The number of hydrogen-bond acceptors (Lipinski definition) is 5. The Morgan fingerprint density at radius 2 is 2.00 bits per heavy atom. The molecule has 25 heavy (non-hydrogen) atoms. The molecule has 0 spiro atoms. The molecule has 7 heteroatoms. The number of pyridine rings is 1. The van der Waals surface area contributed by atoms with E-state index in [0.717, 1.165) is 30.3 Å². The minimum absolute atomic E-state index is 0.0916. The molecule has 1 fully saturated rings. The number of nitrogens with one attached hydrogen (secondary N) is 2. The van der Waals surface area contributed by atoms with Gasteiger partial charge in [-0.3, -0.25) is 14.5 Å². The molecule has 3 heterocycles. The van der Waals surface area contributed by atoms with Crippen LogP contribution in [0, 0.1) is 13.8 Å². The third kappa shape index (κ3) is 4.18. The molecule has 2 N–H and O–H groups in total. The van der Waals surface area contributed by atoms with E-state index in [2.05, 4.69) is 15.2 Å². The highest BCUT2D eigenvalue weighted by molar-refractivity contribution is 5.93. The van der Waals surface area contributed by atoms with Gasteiger partial charge in [0, 0.05) is 25.3 Å². The molecular weight excluding hydrogens is 322 g/mol. The summed E-state index contributed by atoms with van der Waals surface area (Å²) in [6.07, 6.45) is 0. The van der Waals surface area contributed by atoms with Crippen LogP contribution in [0.3, 0.4) is 0 Å². The molecule has 0 aliphatic carbocycles. The summed E-state index contributed by atoms with van der Waals surface area (Å²) in [6, 6.07) is 7.01. The van der Waals surface area contributed by atoms with Gasteiger partial charge in [-0.1, -0.05) is 0 Å². The molecule has 1 amide bonds.